The van der Waals surface area contributed by atoms with Crippen LogP contribution in [0.25, 0.3) is 10.9 Å². The van der Waals surface area contributed by atoms with Gasteiger partial charge in [-0.2, -0.15) is 0 Å². The van der Waals surface area contributed by atoms with Gasteiger partial charge in [-0.1, -0.05) is 12.1 Å². The van der Waals surface area contributed by atoms with E-state index in [1.54, 1.807) is 24.3 Å². The van der Waals surface area contributed by atoms with Crippen molar-refractivity contribution in [3.05, 3.63) is 70.7 Å². The van der Waals surface area contributed by atoms with E-state index in [0.717, 1.165) is 11.1 Å². The third-order valence-corrected chi connectivity index (χ3v) is 6.40. The Morgan fingerprint density at radius 1 is 1.06 bits per heavy atom. The molecule has 172 valence electrons. The number of piperazine rings is 1. The normalized spacial score (nSPS) is 19.1. The van der Waals surface area contributed by atoms with Crippen LogP contribution in [0, 0.1) is 12.7 Å². The van der Waals surface area contributed by atoms with E-state index in [2.05, 4.69) is 16.8 Å². The summed E-state index contributed by atoms with van der Waals surface area (Å²) in [6, 6.07) is 10.0. The molecule has 4 rings (SSSR count). The van der Waals surface area contributed by atoms with Crippen LogP contribution in [0.4, 0.5) is 4.39 Å². The van der Waals surface area contributed by atoms with Crippen LogP contribution < -0.4 is 5.73 Å². The molecule has 1 aliphatic rings. The third-order valence-electron chi connectivity index (χ3n) is 6.40. The summed E-state index contributed by atoms with van der Waals surface area (Å²) >= 11 is 0. The lowest BCUT2D eigenvalue weighted by molar-refractivity contribution is -0.114. The van der Waals surface area contributed by atoms with Crippen molar-refractivity contribution in [1.29, 1.82) is 0 Å². The molecule has 7 nitrogen and oxygen atoms in total. The van der Waals surface area contributed by atoms with Gasteiger partial charge in [0.15, 0.2) is 0 Å². The maximum absolute atomic E-state index is 13.5. The molecular weight excluding hydrogens is 423 g/mol. The second kappa shape index (κ2) is 8.78. The summed E-state index contributed by atoms with van der Waals surface area (Å²) in [5.74, 6) is -2.20. The van der Waals surface area contributed by atoms with Crippen LogP contribution in [0.15, 0.2) is 42.6 Å². The van der Waals surface area contributed by atoms with Crippen molar-refractivity contribution in [2.75, 3.05) is 13.1 Å². The SMILES string of the molecule is Cc1cc2[nH]cc(C(=O)C(N)=O)c2cc1C(=O)N1C[C@H](C)N(Cc2ccc(F)cc2)CC1C. The summed E-state index contributed by atoms with van der Waals surface area (Å²) in [5.41, 5.74) is 8.30. The number of ketones is 1. The topological polar surface area (TPSA) is 99.5 Å². The maximum Gasteiger partial charge on any atom is 0.289 e. The fraction of sp³-hybridized carbons (Fsp3) is 0.320. The van der Waals surface area contributed by atoms with Crippen LogP contribution in [0.1, 0.15) is 45.7 Å². The van der Waals surface area contributed by atoms with Crippen LogP contribution in [-0.4, -0.2) is 57.6 Å². The molecule has 0 bridgehead atoms. The number of hydrogen-bond donors (Lipinski definition) is 2. The van der Waals surface area contributed by atoms with Crippen molar-refractivity contribution < 1.29 is 18.8 Å². The van der Waals surface area contributed by atoms with Crippen molar-refractivity contribution >= 4 is 28.5 Å². The Labute approximate surface area is 191 Å². The zero-order chi connectivity index (χ0) is 23.9. The Kier molecular flexibility index (Phi) is 6.03. The number of benzene rings is 2. The van der Waals surface area contributed by atoms with Gasteiger partial charge in [0, 0.05) is 54.4 Å². The van der Waals surface area contributed by atoms with Crippen molar-refractivity contribution in [2.24, 2.45) is 5.73 Å². The van der Waals surface area contributed by atoms with Gasteiger partial charge in [0.25, 0.3) is 17.6 Å². The number of primary amides is 1. The molecule has 2 heterocycles. The molecule has 2 atom stereocenters. The number of hydrogen-bond acceptors (Lipinski definition) is 4. The smallest absolute Gasteiger partial charge is 0.289 e. The molecule has 1 unspecified atom stereocenters. The number of amides is 2. The number of rotatable bonds is 5. The summed E-state index contributed by atoms with van der Waals surface area (Å²) in [4.78, 5) is 44.2. The minimum Gasteiger partial charge on any atom is -0.363 e. The van der Waals surface area contributed by atoms with Gasteiger partial charge < -0.3 is 15.6 Å². The fourth-order valence-electron chi connectivity index (χ4n) is 4.51. The van der Waals surface area contributed by atoms with Crippen LogP contribution in [0.2, 0.25) is 0 Å². The number of fused-ring (bicyclic) bond motifs is 1. The Balaban J connectivity index is 1.57. The third kappa shape index (κ3) is 4.39. The molecule has 8 heteroatoms. The number of aryl methyl sites for hydroxylation is 1. The van der Waals surface area contributed by atoms with E-state index in [1.165, 1.54) is 18.3 Å². The fourth-order valence-corrected chi connectivity index (χ4v) is 4.51. The van der Waals surface area contributed by atoms with Crippen LogP contribution in [0.5, 0.6) is 0 Å². The largest absolute Gasteiger partial charge is 0.363 e. The number of carbonyl (C=O) groups is 3. The number of nitrogens with zero attached hydrogens (tertiary/aromatic N) is 2. The molecule has 3 N–H and O–H groups in total. The molecule has 0 saturated carbocycles. The first-order valence-electron chi connectivity index (χ1n) is 10.9. The van der Waals surface area contributed by atoms with E-state index >= 15 is 0 Å². The standard InChI is InChI=1S/C25H27FN4O3/c1-14-8-22-20(21(10-28-22)23(31)24(27)32)9-19(14)25(33)30-12-15(2)29(11-16(30)3)13-17-4-6-18(26)7-5-17/h4-10,15-16,28H,11-13H2,1-3H3,(H2,27,32)/t15-,16?/m0/s1. The minimum atomic E-state index is -1.04. The average Bonchev–Trinajstić information content (AvgIpc) is 3.18. The minimum absolute atomic E-state index is 0.0396. The van der Waals surface area contributed by atoms with Crippen molar-refractivity contribution in [3.8, 4) is 0 Å². The molecule has 1 fully saturated rings. The second-order valence-electron chi connectivity index (χ2n) is 8.82. The number of Topliss-reactive ketones (excluding diaryl/α,β-unsaturated/α-hetero) is 1. The predicted molar refractivity (Wildman–Crippen MR) is 123 cm³/mol. The molecule has 2 amide bonds. The number of halogens is 1. The van der Waals surface area contributed by atoms with Gasteiger partial charge in [0.1, 0.15) is 5.82 Å². The van der Waals surface area contributed by atoms with E-state index in [1.807, 2.05) is 18.7 Å². The lowest BCUT2D eigenvalue weighted by atomic mass is 9.99. The quantitative estimate of drug-likeness (QED) is 0.461. The van der Waals surface area contributed by atoms with E-state index in [4.69, 9.17) is 5.73 Å². The Hall–Kier alpha value is -3.52. The molecule has 1 aromatic heterocycles. The number of aromatic nitrogens is 1. The highest BCUT2D eigenvalue weighted by atomic mass is 19.1. The molecule has 2 aromatic carbocycles. The number of nitrogens with one attached hydrogen (secondary N) is 1. The highest BCUT2D eigenvalue weighted by Gasteiger charge is 2.33. The number of aromatic amines is 1. The summed E-state index contributed by atoms with van der Waals surface area (Å²) in [6.07, 6.45) is 1.45. The molecule has 0 radical (unpaired) electrons. The monoisotopic (exact) mass is 450 g/mol. The van der Waals surface area contributed by atoms with Gasteiger partial charge in [-0.25, -0.2) is 4.39 Å². The zero-order valence-corrected chi connectivity index (χ0v) is 18.9. The Morgan fingerprint density at radius 2 is 1.76 bits per heavy atom. The van der Waals surface area contributed by atoms with Gasteiger partial charge in [-0.3, -0.25) is 19.3 Å². The van der Waals surface area contributed by atoms with Crippen LogP contribution in [-0.2, 0) is 11.3 Å². The Morgan fingerprint density at radius 3 is 2.42 bits per heavy atom. The van der Waals surface area contributed by atoms with Gasteiger partial charge in [-0.05, 0) is 56.2 Å². The summed E-state index contributed by atoms with van der Waals surface area (Å²) in [7, 11) is 0. The van der Waals surface area contributed by atoms with Crippen molar-refractivity contribution in [2.45, 2.75) is 39.4 Å². The van der Waals surface area contributed by atoms with Crippen LogP contribution >= 0.6 is 0 Å². The first kappa shape index (κ1) is 22.7. The first-order valence-corrected chi connectivity index (χ1v) is 10.9. The Bertz CT molecular complexity index is 1230. The van der Waals surface area contributed by atoms with E-state index in [-0.39, 0.29) is 29.4 Å². The van der Waals surface area contributed by atoms with Crippen LogP contribution in [0.3, 0.4) is 0 Å². The van der Waals surface area contributed by atoms with E-state index in [0.29, 0.717) is 36.1 Å². The second-order valence-corrected chi connectivity index (χ2v) is 8.82. The lowest BCUT2D eigenvalue weighted by Crippen LogP contribution is -2.57. The highest BCUT2D eigenvalue weighted by molar-refractivity contribution is 6.44. The predicted octanol–water partition coefficient (Wildman–Crippen LogP) is 3.02. The zero-order valence-electron chi connectivity index (χ0n) is 18.9. The average molecular weight is 451 g/mol. The van der Waals surface area contributed by atoms with Gasteiger partial charge in [-0.15, -0.1) is 0 Å². The van der Waals surface area contributed by atoms with Crippen molar-refractivity contribution in [3.63, 3.8) is 0 Å². The maximum atomic E-state index is 13.5. The van der Waals surface area contributed by atoms with Gasteiger partial charge in [0.2, 0.25) is 0 Å². The van der Waals surface area contributed by atoms with E-state index in [9.17, 15) is 18.8 Å². The molecule has 33 heavy (non-hydrogen) atoms. The van der Waals surface area contributed by atoms with Gasteiger partial charge >= 0.3 is 0 Å². The molecule has 1 saturated heterocycles. The molecular formula is C25H27FN4O3. The van der Waals surface area contributed by atoms with Crippen molar-refractivity contribution in [1.82, 2.24) is 14.8 Å². The first-order chi connectivity index (χ1) is 15.7. The molecule has 0 spiro atoms. The summed E-state index contributed by atoms with van der Waals surface area (Å²) in [6.45, 7) is 7.83. The highest BCUT2D eigenvalue weighted by Crippen LogP contribution is 2.26. The number of carbonyl (C=O) groups excluding carboxylic acids is 3. The molecule has 0 aliphatic carbocycles. The summed E-state index contributed by atoms with van der Waals surface area (Å²) < 4.78 is 13.2. The number of nitrogens with two attached hydrogens (primary N) is 1. The van der Waals surface area contributed by atoms with Gasteiger partial charge in [0.05, 0.1) is 5.56 Å². The summed E-state index contributed by atoms with van der Waals surface area (Å²) in [5, 5.41) is 0.503. The molecule has 3 aromatic rings. The lowest BCUT2D eigenvalue weighted by Gasteiger charge is -2.44. The number of H-pyrrole nitrogens is 1. The molecule has 1 aliphatic heterocycles. The van der Waals surface area contributed by atoms with E-state index < -0.39 is 11.7 Å².